The third-order valence-electron chi connectivity index (χ3n) is 7.56. The van der Waals surface area contributed by atoms with E-state index in [0.717, 1.165) is 48.6 Å². The molecular weight excluding hydrogens is 522 g/mol. The number of fused-ring (bicyclic) bond motifs is 1. The number of ether oxygens (including phenoxy) is 3. The maximum atomic E-state index is 13.8. The minimum absolute atomic E-state index is 0.00466. The summed E-state index contributed by atoms with van der Waals surface area (Å²) in [4.78, 5) is 42.1. The van der Waals surface area contributed by atoms with Gasteiger partial charge in [0.1, 0.15) is 11.6 Å². The van der Waals surface area contributed by atoms with Crippen LogP contribution >= 0.6 is 0 Å². The Labute approximate surface area is 244 Å². The first-order valence-corrected chi connectivity index (χ1v) is 14.9. The van der Waals surface area contributed by atoms with Gasteiger partial charge in [0.15, 0.2) is 6.29 Å². The molecule has 0 saturated heterocycles. The molecule has 1 aromatic carbocycles. The van der Waals surface area contributed by atoms with E-state index >= 15 is 0 Å². The fourth-order valence-electron chi connectivity index (χ4n) is 5.53. The summed E-state index contributed by atoms with van der Waals surface area (Å²) in [5, 5.41) is 4.02. The highest BCUT2D eigenvalue weighted by Gasteiger charge is 2.36. The number of carbonyl (C=O) groups excluding carboxylic acids is 3. The summed E-state index contributed by atoms with van der Waals surface area (Å²) >= 11 is 0. The minimum Gasteiger partial charge on any atom is -0.443 e. The van der Waals surface area contributed by atoms with E-state index in [-0.39, 0.29) is 30.2 Å². The van der Waals surface area contributed by atoms with Gasteiger partial charge < -0.3 is 24.4 Å². The lowest BCUT2D eigenvalue weighted by Crippen LogP contribution is -2.54. The van der Waals surface area contributed by atoms with Crippen molar-refractivity contribution < 1.29 is 28.6 Å². The maximum Gasteiger partial charge on any atom is 0.419 e. The molecule has 1 unspecified atom stereocenters. The van der Waals surface area contributed by atoms with Gasteiger partial charge in [-0.25, -0.2) is 4.79 Å². The van der Waals surface area contributed by atoms with Gasteiger partial charge in [-0.2, -0.15) is 0 Å². The van der Waals surface area contributed by atoms with Crippen LogP contribution in [0.5, 0.6) is 0 Å². The van der Waals surface area contributed by atoms with Gasteiger partial charge >= 0.3 is 6.09 Å². The molecule has 1 aliphatic carbocycles. The number of aromatic nitrogens is 1. The Hall–Kier alpha value is -2.91. The number of nitrogens with zero attached hydrogens (tertiary/aromatic N) is 2. The topological polar surface area (TPSA) is 99.1 Å². The van der Waals surface area contributed by atoms with Crippen LogP contribution < -0.4 is 5.32 Å². The molecule has 9 heteroatoms. The number of para-hydroxylation sites is 1. The summed E-state index contributed by atoms with van der Waals surface area (Å²) < 4.78 is 18.0. The predicted octanol–water partition coefficient (Wildman–Crippen LogP) is 5.53. The molecule has 0 spiro atoms. The number of amides is 2. The van der Waals surface area contributed by atoms with Gasteiger partial charge in [-0.05, 0) is 64.0 Å². The molecule has 1 atom stereocenters. The first-order valence-electron chi connectivity index (χ1n) is 14.9. The van der Waals surface area contributed by atoms with Crippen molar-refractivity contribution >= 4 is 28.8 Å². The molecular formula is C32H49N3O6. The van der Waals surface area contributed by atoms with Gasteiger partial charge in [-0.1, -0.05) is 51.3 Å². The first-order chi connectivity index (χ1) is 19.4. The van der Waals surface area contributed by atoms with E-state index in [0.29, 0.717) is 19.4 Å². The highest BCUT2D eigenvalue weighted by atomic mass is 16.7. The van der Waals surface area contributed by atoms with E-state index in [4.69, 9.17) is 14.2 Å². The SMILES string of the molecule is COC(CN(C(=O)C1CCCCC1)C(CC(C)C)C(=O)NCCc1cn(C(=O)OC(C)(C)C)c2ccccc12)OC. The molecule has 1 aromatic heterocycles. The molecule has 0 radical (unpaired) electrons. The van der Waals surface area contributed by atoms with Gasteiger partial charge in [0.25, 0.3) is 0 Å². The summed E-state index contributed by atoms with van der Waals surface area (Å²) in [6.07, 6.45) is 6.66. The van der Waals surface area contributed by atoms with Crippen LogP contribution in [-0.2, 0) is 30.2 Å². The van der Waals surface area contributed by atoms with Crippen LogP contribution in [0.15, 0.2) is 30.5 Å². The average Bonchev–Trinajstić information content (AvgIpc) is 3.30. The molecule has 2 amide bonds. The van der Waals surface area contributed by atoms with Crippen LogP contribution in [0, 0.1) is 11.8 Å². The van der Waals surface area contributed by atoms with Crippen LogP contribution in [0.1, 0.15) is 78.7 Å². The van der Waals surface area contributed by atoms with E-state index in [9.17, 15) is 14.4 Å². The van der Waals surface area contributed by atoms with E-state index in [1.54, 1.807) is 25.3 Å². The number of hydrogen-bond donors (Lipinski definition) is 1. The van der Waals surface area contributed by atoms with Crippen molar-refractivity contribution in [3.05, 3.63) is 36.0 Å². The second-order valence-electron chi connectivity index (χ2n) is 12.4. The Kier molecular flexibility index (Phi) is 11.8. The molecule has 2 aromatic rings. The van der Waals surface area contributed by atoms with E-state index < -0.39 is 24.0 Å². The summed E-state index contributed by atoms with van der Waals surface area (Å²) in [6, 6.07) is 7.03. The third kappa shape index (κ3) is 9.04. The summed E-state index contributed by atoms with van der Waals surface area (Å²) in [5.41, 5.74) is 1.07. The van der Waals surface area contributed by atoms with Crippen molar-refractivity contribution in [3.8, 4) is 0 Å². The second-order valence-corrected chi connectivity index (χ2v) is 12.4. The van der Waals surface area contributed by atoms with E-state index in [1.807, 2.05) is 45.0 Å². The molecule has 1 heterocycles. The first kappa shape index (κ1) is 32.6. The zero-order valence-electron chi connectivity index (χ0n) is 25.9. The fraction of sp³-hybridized carbons (Fsp3) is 0.656. The number of benzene rings is 1. The number of hydrogen-bond acceptors (Lipinski definition) is 6. The number of nitrogens with one attached hydrogen (secondary N) is 1. The van der Waals surface area contributed by atoms with Gasteiger partial charge in [0.2, 0.25) is 11.8 Å². The Morgan fingerprint density at radius 2 is 1.71 bits per heavy atom. The van der Waals surface area contributed by atoms with Crippen molar-refractivity contribution in [3.63, 3.8) is 0 Å². The van der Waals surface area contributed by atoms with Crippen LogP contribution in [0.2, 0.25) is 0 Å². The summed E-state index contributed by atoms with van der Waals surface area (Å²) in [6.45, 7) is 10.2. The van der Waals surface area contributed by atoms with Crippen molar-refractivity contribution in [2.24, 2.45) is 11.8 Å². The molecule has 228 valence electrons. The van der Waals surface area contributed by atoms with Gasteiger partial charge in [0.05, 0.1) is 12.1 Å². The lowest BCUT2D eigenvalue weighted by molar-refractivity contribution is -0.158. The number of methoxy groups -OCH3 is 2. The number of rotatable bonds is 12. The number of carbonyl (C=O) groups is 3. The van der Waals surface area contributed by atoms with Crippen LogP contribution in [0.4, 0.5) is 4.79 Å². The quantitative estimate of drug-likeness (QED) is 0.337. The zero-order chi connectivity index (χ0) is 30.2. The lowest BCUT2D eigenvalue weighted by Gasteiger charge is -2.37. The molecule has 1 saturated carbocycles. The highest BCUT2D eigenvalue weighted by molar-refractivity contribution is 5.92. The second kappa shape index (κ2) is 14.8. The molecule has 0 bridgehead atoms. The molecule has 9 nitrogen and oxygen atoms in total. The standard InChI is InChI=1S/C32H49N3O6/c1-22(2)19-27(34(21-28(39-6)40-7)30(37)23-13-9-8-10-14-23)29(36)33-18-17-24-20-35(31(38)41-32(3,4)5)26-16-12-11-15-25(24)26/h11-12,15-16,20,22-23,27-28H,8-10,13-14,17-19,21H2,1-7H3,(H,33,36). The van der Waals surface area contributed by atoms with E-state index in [2.05, 4.69) is 19.2 Å². The van der Waals surface area contributed by atoms with Crippen LogP contribution in [0.25, 0.3) is 10.9 Å². The fourth-order valence-corrected chi connectivity index (χ4v) is 5.53. The largest absolute Gasteiger partial charge is 0.443 e. The lowest BCUT2D eigenvalue weighted by atomic mass is 9.87. The predicted molar refractivity (Wildman–Crippen MR) is 160 cm³/mol. The normalized spacial score (nSPS) is 15.3. The van der Waals surface area contributed by atoms with Gasteiger partial charge in [-0.3, -0.25) is 14.2 Å². The molecule has 1 N–H and O–H groups in total. The summed E-state index contributed by atoms with van der Waals surface area (Å²) in [5.74, 6) is -0.0722. The zero-order valence-corrected chi connectivity index (χ0v) is 25.9. The third-order valence-corrected chi connectivity index (χ3v) is 7.56. The molecule has 3 rings (SSSR count). The average molecular weight is 572 g/mol. The molecule has 0 aliphatic heterocycles. The smallest absolute Gasteiger partial charge is 0.419 e. The van der Waals surface area contributed by atoms with Crippen molar-refractivity contribution in [2.45, 2.75) is 97.5 Å². The minimum atomic E-state index is -0.639. The van der Waals surface area contributed by atoms with Crippen molar-refractivity contribution in [1.82, 2.24) is 14.8 Å². The van der Waals surface area contributed by atoms with Crippen LogP contribution in [0.3, 0.4) is 0 Å². The van der Waals surface area contributed by atoms with Crippen molar-refractivity contribution in [2.75, 3.05) is 27.3 Å². The van der Waals surface area contributed by atoms with E-state index in [1.165, 1.54) is 4.57 Å². The monoisotopic (exact) mass is 571 g/mol. The highest BCUT2D eigenvalue weighted by Crippen LogP contribution is 2.28. The van der Waals surface area contributed by atoms with Gasteiger partial charge in [0, 0.05) is 38.3 Å². The summed E-state index contributed by atoms with van der Waals surface area (Å²) in [7, 11) is 3.09. The Balaban J connectivity index is 1.79. The van der Waals surface area contributed by atoms with Crippen molar-refractivity contribution in [1.29, 1.82) is 0 Å². The van der Waals surface area contributed by atoms with Crippen LogP contribution in [-0.4, -0.2) is 72.6 Å². The molecule has 1 aliphatic rings. The maximum absolute atomic E-state index is 13.8. The Bertz CT molecular complexity index is 1160. The Morgan fingerprint density at radius 3 is 2.32 bits per heavy atom. The van der Waals surface area contributed by atoms with Gasteiger partial charge in [-0.15, -0.1) is 0 Å². The molecule has 41 heavy (non-hydrogen) atoms. The Morgan fingerprint density at radius 1 is 1.05 bits per heavy atom. The molecule has 1 fully saturated rings.